The summed E-state index contributed by atoms with van der Waals surface area (Å²) in [6.07, 6.45) is 4.62. The predicted octanol–water partition coefficient (Wildman–Crippen LogP) is 3.53. The Kier molecular flexibility index (Phi) is 2.47. The largest absolute Gasteiger partial charge is 0.506 e. The van der Waals surface area contributed by atoms with Crippen molar-refractivity contribution in [2.45, 2.75) is 18.8 Å². The Labute approximate surface area is 132 Å². The molecule has 5 nitrogen and oxygen atoms in total. The number of hydrogen-bond acceptors (Lipinski definition) is 4. The topological polar surface area (TPSA) is 63.3 Å². The van der Waals surface area contributed by atoms with Crippen molar-refractivity contribution >= 4 is 16.6 Å². The van der Waals surface area contributed by atoms with E-state index < -0.39 is 0 Å². The summed E-state index contributed by atoms with van der Waals surface area (Å²) in [7, 11) is 0. The molecule has 1 aliphatic carbocycles. The molecule has 0 bridgehead atoms. The first-order valence-corrected chi connectivity index (χ1v) is 7.73. The third kappa shape index (κ3) is 1.97. The van der Waals surface area contributed by atoms with Gasteiger partial charge in [0.1, 0.15) is 17.0 Å². The predicted molar refractivity (Wildman–Crippen MR) is 87.4 cm³/mol. The van der Waals surface area contributed by atoms with Gasteiger partial charge in [-0.25, -0.2) is 4.98 Å². The molecule has 0 radical (unpaired) electrons. The van der Waals surface area contributed by atoms with E-state index in [9.17, 15) is 5.11 Å². The van der Waals surface area contributed by atoms with E-state index in [1.165, 1.54) is 18.4 Å². The summed E-state index contributed by atoms with van der Waals surface area (Å²) in [6.45, 7) is 0. The fraction of sp³-hybridized carbons (Fsp3) is 0.167. The lowest BCUT2D eigenvalue weighted by atomic mass is 10.2. The molecule has 0 atom stereocenters. The zero-order valence-corrected chi connectivity index (χ0v) is 12.3. The van der Waals surface area contributed by atoms with Gasteiger partial charge in [0.25, 0.3) is 0 Å². The number of aromatic nitrogens is 4. The highest BCUT2D eigenvalue weighted by atomic mass is 16.3. The molecule has 5 heteroatoms. The number of fused-ring (bicyclic) bond motifs is 2. The van der Waals surface area contributed by atoms with E-state index >= 15 is 0 Å². The van der Waals surface area contributed by atoms with Crippen LogP contribution in [-0.2, 0) is 0 Å². The molecule has 4 aromatic rings. The maximum absolute atomic E-state index is 10.0. The molecule has 112 valence electrons. The van der Waals surface area contributed by atoms with E-state index in [-0.39, 0.29) is 5.75 Å². The molecular weight excluding hydrogens is 288 g/mol. The summed E-state index contributed by atoms with van der Waals surface area (Å²) < 4.78 is 1.99. The van der Waals surface area contributed by atoms with Gasteiger partial charge in [-0.05, 0) is 42.5 Å². The van der Waals surface area contributed by atoms with E-state index in [1.54, 1.807) is 6.07 Å². The van der Waals surface area contributed by atoms with Gasteiger partial charge in [0, 0.05) is 11.6 Å². The number of hydrogen-bond donors (Lipinski definition) is 1. The molecule has 1 aliphatic rings. The van der Waals surface area contributed by atoms with E-state index in [0.29, 0.717) is 23.0 Å². The van der Waals surface area contributed by atoms with Crippen LogP contribution in [0.15, 0.2) is 48.7 Å². The van der Waals surface area contributed by atoms with Crippen LogP contribution in [0.4, 0.5) is 0 Å². The zero-order chi connectivity index (χ0) is 15.4. The Balaban J connectivity index is 1.73. The minimum Gasteiger partial charge on any atom is -0.506 e. The average molecular weight is 302 g/mol. The second kappa shape index (κ2) is 4.52. The molecule has 0 aliphatic heterocycles. The van der Waals surface area contributed by atoms with Crippen molar-refractivity contribution in [2.24, 2.45) is 0 Å². The molecule has 23 heavy (non-hydrogen) atoms. The Morgan fingerprint density at radius 2 is 1.91 bits per heavy atom. The SMILES string of the molecule is Oc1cccc2ccc(-c3nnc4ccc(C5CC5)cn34)nc12. The minimum atomic E-state index is 0.178. The van der Waals surface area contributed by atoms with Crippen LogP contribution in [0.1, 0.15) is 24.3 Å². The first-order valence-electron chi connectivity index (χ1n) is 7.73. The van der Waals surface area contributed by atoms with Crippen LogP contribution in [0.3, 0.4) is 0 Å². The summed E-state index contributed by atoms with van der Waals surface area (Å²) in [6, 6.07) is 13.4. The molecule has 1 saturated carbocycles. The van der Waals surface area contributed by atoms with Crippen molar-refractivity contribution in [1.82, 2.24) is 19.6 Å². The smallest absolute Gasteiger partial charge is 0.187 e. The number of pyridine rings is 2. The van der Waals surface area contributed by atoms with Crippen LogP contribution in [0.25, 0.3) is 28.1 Å². The molecule has 1 fully saturated rings. The summed E-state index contributed by atoms with van der Waals surface area (Å²) in [5.74, 6) is 1.55. The van der Waals surface area contributed by atoms with Gasteiger partial charge in [0.2, 0.25) is 0 Å². The summed E-state index contributed by atoms with van der Waals surface area (Å²) in [5.41, 5.74) is 3.42. The number of phenolic OH excluding ortho intramolecular Hbond substituents is 1. The Bertz CT molecular complexity index is 1050. The highest BCUT2D eigenvalue weighted by molar-refractivity contribution is 5.86. The molecule has 0 saturated heterocycles. The molecule has 5 rings (SSSR count). The van der Waals surface area contributed by atoms with Gasteiger partial charge in [-0.2, -0.15) is 0 Å². The molecule has 0 spiro atoms. The first kappa shape index (κ1) is 12.6. The van der Waals surface area contributed by atoms with Crippen LogP contribution in [0.2, 0.25) is 0 Å². The van der Waals surface area contributed by atoms with E-state index in [2.05, 4.69) is 27.4 Å². The molecule has 0 amide bonds. The highest BCUT2D eigenvalue weighted by Crippen LogP contribution is 2.40. The van der Waals surface area contributed by atoms with Crippen LogP contribution in [0, 0.1) is 0 Å². The van der Waals surface area contributed by atoms with Gasteiger partial charge in [0.15, 0.2) is 11.5 Å². The third-order valence-corrected chi connectivity index (χ3v) is 4.40. The minimum absolute atomic E-state index is 0.178. The maximum Gasteiger partial charge on any atom is 0.187 e. The standard InChI is InChI=1S/C18H14N4O/c23-15-3-1-2-12-6-8-14(19-17(12)15)18-21-20-16-9-7-13(10-22(16)18)11-4-5-11/h1-3,6-11,23H,4-5H2. The van der Waals surface area contributed by atoms with Gasteiger partial charge in [-0.15, -0.1) is 10.2 Å². The Morgan fingerprint density at radius 1 is 1.00 bits per heavy atom. The summed E-state index contributed by atoms with van der Waals surface area (Å²) >= 11 is 0. The lowest BCUT2D eigenvalue weighted by molar-refractivity contribution is 0.480. The second-order valence-corrected chi connectivity index (χ2v) is 6.03. The lowest BCUT2D eigenvalue weighted by Gasteiger charge is -2.05. The van der Waals surface area contributed by atoms with Gasteiger partial charge < -0.3 is 5.11 Å². The number of rotatable bonds is 2. The van der Waals surface area contributed by atoms with Crippen LogP contribution in [0.5, 0.6) is 5.75 Å². The van der Waals surface area contributed by atoms with E-state index in [0.717, 1.165) is 11.0 Å². The van der Waals surface area contributed by atoms with Crippen molar-refractivity contribution in [3.05, 3.63) is 54.2 Å². The van der Waals surface area contributed by atoms with Crippen LogP contribution >= 0.6 is 0 Å². The third-order valence-electron chi connectivity index (χ3n) is 4.40. The zero-order valence-electron chi connectivity index (χ0n) is 12.3. The fourth-order valence-corrected chi connectivity index (χ4v) is 3.00. The van der Waals surface area contributed by atoms with Gasteiger partial charge in [0.05, 0.1) is 0 Å². The molecule has 0 unspecified atom stereocenters. The van der Waals surface area contributed by atoms with E-state index in [4.69, 9.17) is 0 Å². The summed E-state index contributed by atoms with van der Waals surface area (Å²) in [4.78, 5) is 4.58. The van der Waals surface area contributed by atoms with Gasteiger partial charge >= 0.3 is 0 Å². The van der Waals surface area contributed by atoms with Crippen molar-refractivity contribution in [3.8, 4) is 17.3 Å². The first-order chi connectivity index (χ1) is 11.3. The number of benzene rings is 1. The molecule has 1 N–H and O–H groups in total. The molecule has 3 heterocycles. The second-order valence-electron chi connectivity index (χ2n) is 6.03. The van der Waals surface area contributed by atoms with Crippen molar-refractivity contribution in [2.75, 3.05) is 0 Å². The molecule has 1 aromatic carbocycles. The number of nitrogens with zero attached hydrogens (tertiary/aromatic N) is 4. The lowest BCUT2D eigenvalue weighted by Crippen LogP contribution is -1.94. The monoisotopic (exact) mass is 302 g/mol. The average Bonchev–Trinajstić information content (AvgIpc) is 3.34. The quantitative estimate of drug-likeness (QED) is 0.615. The van der Waals surface area contributed by atoms with Gasteiger partial charge in [-0.3, -0.25) is 4.40 Å². The Hall–Kier alpha value is -2.95. The van der Waals surface area contributed by atoms with Crippen LogP contribution in [-0.4, -0.2) is 24.7 Å². The van der Waals surface area contributed by atoms with E-state index in [1.807, 2.05) is 34.7 Å². The van der Waals surface area contributed by atoms with Crippen molar-refractivity contribution in [1.29, 1.82) is 0 Å². The number of para-hydroxylation sites is 1. The van der Waals surface area contributed by atoms with Gasteiger partial charge in [-0.1, -0.05) is 24.3 Å². The normalized spacial score (nSPS) is 14.6. The highest BCUT2D eigenvalue weighted by Gasteiger charge is 2.24. The maximum atomic E-state index is 10.0. The fourth-order valence-electron chi connectivity index (χ4n) is 3.00. The number of phenols is 1. The summed E-state index contributed by atoms with van der Waals surface area (Å²) in [5, 5.41) is 19.5. The van der Waals surface area contributed by atoms with Crippen LogP contribution < -0.4 is 0 Å². The van der Waals surface area contributed by atoms with Crippen molar-refractivity contribution < 1.29 is 5.11 Å². The van der Waals surface area contributed by atoms with Crippen molar-refractivity contribution in [3.63, 3.8) is 0 Å². The molecule has 3 aromatic heterocycles. The Morgan fingerprint density at radius 3 is 2.78 bits per heavy atom. The molecular formula is C18H14N4O. The number of aromatic hydroxyl groups is 1.